The Balaban J connectivity index is -0.000000762. The average molecular weight is 905 g/mol. The van der Waals surface area contributed by atoms with Gasteiger partial charge in [0.25, 0.3) is 0 Å². The molecule has 1 aromatic rings. The quantitative estimate of drug-likeness (QED) is 0.0240. The van der Waals surface area contributed by atoms with Gasteiger partial charge in [0.2, 0.25) is 0 Å². The van der Waals surface area contributed by atoms with Crippen LogP contribution in [0.15, 0.2) is 103 Å². The van der Waals surface area contributed by atoms with Gasteiger partial charge in [-0.25, -0.2) is 0 Å². The molecule has 0 saturated carbocycles. The molecule has 0 heterocycles. The lowest BCUT2D eigenvalue weighted by Gasteiger charge is -2.24. The van der Waals surface area contributed by atoms with E-state index in [0.29, 0.717) is 24.2 Å². The van der Waals surface area contributed by atoms with E-state index in [9.17, 15) is 24.6 Å². The molecule has 57 heavy (non-hydrogen) atoms. The topological polar surface area (TPSA) is 110 Å². The molecule has 0 aliphatic carbocycles. The molecule has 1 aromatic carbocycles. The van der Waals surface area contributed by atoms with Crippen LogP contribution in [0.5, 0.6) is 0 Å². The molecule has 1 unspecified atom stereocenters. The van der Waals surface area contributed by atoms with Crippen molar-refractivity contribution in [2.45, 2.75) is 147 Å². The van der Waals surface area contributed by atoms with Crippen molar-refractivity contribution >= 4 is 46.5 Å². The summed E-state index contributed by atoms with van der Waals surface area (Å²) in [5.74, 6) is -3.00. The Kier molecular flexibility index (Phi) is 35.9. The molecule has 2 N–H and O–H groups in total. The van der Waals surface area contributed by atoms with Crippen LogP contribution in [0.4, 0.5) is 0 Å². The Morgan fingerprint density at radius 1 is 0.860 bits per heavy atom. The Morgan fingerprint density at radius 3 is 1.79 bits per heavy atom. The van der Waals surface area contributed by atoms with Crippen molar-refractivity contribution in [3.8, 4) is 0 Å². The maximum atomic E-state index is 11.6. The van der Waals surface area contributed by atoms with Crippen LogP contribution >= 0.6 is 23.0 Å². The normalized spacial score (nSPS) is 12.4. The van der Waals surface area contributed by atoms with Gasteiger partial charge in [-0.05, 0) is 72.3 Å². The number of aliphatic hydroxyl groups is 1. The highest BCUT2D eigenvalue weighted by atomic mass is 127. The van der Waals surface area contributed by atoms with Crippen molar-refractivity contribution in [2.24, 2.45) is 17.3 Å². The summed E-state index contributed by atoms with van der Waals surface area (Å²) in [5.41, 5.74) is 5.74. The first-order chi connectivity index (χ1) is 26.8. The molecule has 0 aliphatic rings. The third kappa shape index (κ3) is 32.0. The zero-order chi connectivity index (χ0) is 44.4. The summed E-state index contributed by atoms with van der Waals surface area (Å²) in [7, 11) is 0. The minimum absolute atomic E-state index is 0.0464. The fourth-order valence-corrected chi connectivity index (χ4v) is 5.32. The fourth-order valence-electron chi connectivity index (χ4n) is 5.01. The largest absolute Gasteiger partial charge is 0.512 e. The van der Waals surface area contributed by atoms with Gasteiger partial charge in [-0.1, -0.05) is 180 Å². The SMILES string of the molecule is C=C/C(=C\C(=C(\O)CC(C)C)C(C)(C)C)CC(C(=O)O)C(=O)OI.C=CCc1ccc(C(/C=C\C(=C)C)=C/C)cc1.CCCCCC.CCCCCCOC(C)=O. The van der Waals surface area contributed by atoms with Crippen molar-refractivity contribution in [2.75, 3.05) is 6.61 Å². The monoisotopic (exact) mass is 904 g/mol. The summed E-state index contributed by atoms with van der Waals surface area (Å²) in [6, 6.07) is 8.60. The molecular formula is C49H77IO7. The fraction of sp³-hybridized carbons (Fsp3) is 0.531. The predicted molar refractivity (Wildman–Crippen MR) is 251 cm³/mol. The number of ether oxygens (including phenoxy) is 1. The Hall–Kier alpha value is -3.66. The summed E-state index contributed by atoms with van der Waals surface area (Å²) < 4.78 is 9.27. The van der Waals surface area contributed by atoms with Crippen LogP contribution in [-0.4, -0.2) is 34.7 Å². The standard InChI is InChI=1S/C18H27IO5.C17H20.C8H16O2.C6H14/c1-7-12(9-13(16(21)22)17(23)24-19)10-14(18(4,5)6)15(20)8-11(2)3;1-5-7-15-9-12-17(13-10-15)16(6-2)11-8-14(3)4;1-3-4-5-6-7-10-8(2)9;1-3-5-6-4-2/h7,10-11,13,20H,1,8-9H2,2-6H3,(H,21,22);5-6,8-13H,1,3,7H2,2,4H3;3-7H2,1-2H3;3-6H2,1-2H3/b12-10+,15-14-;11-8-,16-6+;;. The van der Waals surface area contributed by atoms with E-state index in [1.54, 1.807) is 6.08 Å². The molecule has 0 amide bonds. The second-order valence-electron chi connectivity index (χ2n) is 15.3. The number of carbonyl (C=O) groups excluding carboxylic acids is 2. The maximum absolute atomic E-state index is 11.6. The molecule has 1 rings (SSSR count). The number of carbonyl (C=O) groups is 3. The van der Waals surface area contributed by atoms with Gasteiger partial charge in [0.1, 0.15) is 0 Å². The average Bonchev–Trinajstić information content (AvgIpc) is 3.14. The minimum Gasteiger partial charge on any atom is -0.512 e. The molecule has 7 nitrogen and oxygen atoms in total. The van der Waals surface area contributed by atoms with Gasteiger partial charge in [0.15, 0.2) is 28.9 Å². The number of allylic oxidation sites excluding steroid dienone is 11. The Morgan fingerprint density at radius 2 is 1.40 bits per heavy atom. The van der Waals surface area contributed by atoms with Crippen LogP contribution in [0.25, 0.3) is 5.57 Å². The van der Waals surface area contributed by atoms with Crippen LogP contribution < -0.4 is 0 Å². The second kappa shape index (κ2) is 35.5. The lowest BCUT2D eigenvalue weighted by atomic mass is 9.82. The number of aliphatic carboxylic acids is 1. The van der Waals surface area contributed by atoms with Gasteiger partial charge in [0.05, 0.1) is 12.4 Å². The van der Waals surface area contributed by atoms with E-state index in [1.807, 2.05) is 53.7 Å². The third-order valence-corrected chi connectivity index (χ3v) is 8.63. The van der Waals surface area contributed by atoms with E-state index in [2.05, 4.69) is 86.9 Å². The van der Waals surface area contributed by atoms with Gasteiger partial charge in [-0.2, -0.15) is 0 Å². The van der Waals surface area contributed by atoms with Gasteiger partial charge in [-0.3, -0.25) is 14.4 Å². The predicted octanol–water partition coefficient (Wildman–Crippen LogP) is 14.7. The van der Waals surface area contributed by atoms with Crippen LogP contribution in [-0.2, 0) is 28.6 Å². The molecular weight excluding hydrogens is 827 g/mol. The number of unbranched alkanes of at least 4 members (excludes halogenated alkanes) is 6. The molecule has 8 heteroatoms. The van der Waals surface area contributed by atoms with Crippen molar-refractivity contribution in [1.29, 1.82) is 0 Å². The molecule has 0 spiro atoms. The highest BCUT2D eigenvalue weighted by Crippen LogP contribution is 2.33. The summed E-state index contributed by atoms with van der Waals surface area (Å²) in [4.78, 5) is 33.2. The third-order valence-electron chi connectivity index (χ3n) is 8.20. The molecule has 322 valence electrons. The smallest absolute Gasteiger partial charge is 0.330 e. The Labute approximate surface area is 361 Å². The first-order valence-corrected chi connectivity index (χ1v) is 21.3. The summed E-state index contributed by atoms with van der Waals surface area (Å²) in [5, 5.41) is 19.7. The molecule has 0 bridgehead atoms. The zero-order valence-corrected chi connectivity index (χ0v) is 39.5. The highest BCUT2D eigenvalue weighted by molar-refractivity contribution is 14.1. The van der Waals surface area contributed by atoms with Gasteiger partial charge < -0.3 is 18.0 Å². The molecule has 0 saturated heterocycles. The van der Waals surface area contributed by atoms with E-state index < -0.39 is 17.9 Å². The van der Waals surface area contributed by atoms with Gasteiger partial charge in [0, 0.05) is 13.3 Å². The summed E-state index contributed by atoms with van der Waals surface area (Å²) >= 11 is 1.38. The van der Waals surface area contributed by atoms with Crippen molar-refractivity contribution in [3.63, 3.8) is 0 Å². The van der Waals surface area contributed by atoms with Crippen LogP contribution in [0.2, 0.25) is 0 Å². The molecule has 0 fully saturated rings. The first kappa shape index (κ1) is 57.7. The minimum atomic E-state index is -1.31. The molecule has 0 radical (unpaired) electrons. The maximum Gasteiger partial charge on any atom is 0.330 e. The van der Waals surface area contributed by atoms with Crippen molar-refractivity contribution in [3.05, 3.63) is 114 Å². The summed E-state index contributed by atoms with van der Waals surface area (Å²) in [6.45, 7) is 33.9. The van der Waals surface area contributed by atoms with Crippen LogP contribution in [0, 0.1) is 17.3 Å². The number of aliphatic hydroxyl groups excluding tert-OH is 1. The van der Waals surface area contributed by atoms with Gasteiger partial charge in [-0.15, -0.1) is 6.58 Å². The van der Waals surface area contributed by atoms with E-state index in [0.717, 1.165) is 18.4 Å². The van der Waals surface area contributed by atoms with Crippen molar-refractivity contribution in [1.82, 2.24) is 0 Å². The first-order valence-electron chi connectivity index (χ1n) is 20.4. The van der Waals surface area contributed by atoms with Crippen LogP contribution in [0.1, 0.15) is 151 Å². The molecule has 0 aliphatic heterocycles. The Bertz CT molecular complexity index is 1430. The number of carboxylic acid groups (broad SMARTS) is 1. The van der Waals surface area contributed by atoms with E-state index in [1.165, 1.54) is 97.7 Å². The number of esters is 1. The van der Waals surface area contributed by atoms with E-state index in [-0.39, 0.29) is 29.5 Å². The molecule has 0 aromatic heterocycles. The van der Waals surface area contributed by atoms with E-state index >= 15 is 0 Å². The zero-order valence-electron chi connectivity index (χ0n) is 37.3. The second-order valence-corrected chi connectivity index (χ2v) is 15.8. The highest BCUT2D eigenvalue weighted by Gasteiger charge is 2.29. The number of hydrogen-bond acceptors (Lipinski definition) is 6. The lowest BCUT2D eigenvalue weighted by Crippen LogP contribution is -2.24. The van der Waals surface area contributed by atoms with Crippen LogP contribution in [0.3, 0.4) is 0 Å². The van der Waals surface area contributed by atoms with Crippen molar-refractivity contribution < 1.29 is 32.4 Å². The summed E-state index contributed by atoms with van der Waals surface area (Å²) in [6.07, 6.45) is 23.0. The number of carboxylic acids is 1. The number of hydrogen-bond donors (Lipinski definition) is 2. The number of benzene rings is 1. The number of rotatable bonds is 21. The van der Waals surface area contributed by atoms with Gasteiger partial charge >= 0.3 is 17.9 Å². The number of halogens is 1. The van der Waals surface area contributed by atoms with E-state index in [4.69, 9.17) is 4.74 Å². The molecule has 1 atom stereocenters. The lowest BCUT2D eigenvalue weighted by molar-refractivity contribution is -0.151.